The second kappa shape index (κ2) is 8.22. The molecule has 1 aliphatic heterocycles. The van der Waals surface area contributed by atoms with Crippen LogP contribution < -0.4 is 10.6 Å². The van der Waals surface area contributed by atoms with Crippen LogP contribution in [0, 0.1) is 0 Å². The number of urea groups is 1. The molecule has 1 aliphatic carbocycles. The Morgan fingerprint density at radius 1 is 1.13 bits per heavy atom. The molecule has 2 amide bonds. The lowest BCUT2D eigenvalue weighted by atomic mass is 9.95. The molecule has 1 atom stereocenters. The standard InChI is InChI=1S/C22H25N3O5/c1-3-29-21(27)19-12(2)23-22(28)25-18(19)11-30-20(26)13-8-9-17-15(10-13)14-6-4-5-7-16(14)24-17/h8-10,12,24H,3-7,11H2,1-2H3,(H2,23,25,28). The Kier molecular flexibility index (Phi) is 5.48. The molecule has 2 aromatic rings. The Balaban J connectivity index is 1.55. The molecule has 2 heterocycles. The van der Waals surface area contributed by atoms with Gasteiger partial charge in [0.1, 0.15) is 6.61 Å². The van der Waals surface area contributed by atoms with Crippen molar-refractivity contribution in [1.29, 1.82) is 0 Å². The molecule has 0 saturated heterocycles. The van der Waals surface area contributed by atoms with Crippen LogP contribution in [0.15, 0.2) is 29.5 Å². The highest BCUT2D eigenvalue weighted by molar-refractivity contribution is 5.97. The molecule has 0 fully saturated rings. The summed E-state index contributed by atoms with van der Waals surface area (Å²) < 4.78 is 10.5. The summed E-state index contributed by atoms with van der Waals surface area (Å²) in [7, 11) is 0. The molecule has 8 heteroatoms. The molecule has 0 saturated carbocycles. The first-order valence-electron chi connectivity index (χ1n) is 10.3. The van der Waals surface area contributed by atoms with Gasteiger partial charge in [-0.2, -0.15) is 0 Å². The molecule has 1 unspecified atom stereocenters. The fourth-order valence-electron chi connectivity index (χ4n) is 4.15. The van der Waals surface area contributed by atoms with Crippen LogP contribution in [-0.2, 0) is 27.1 Å². The van der Waals surface area contributed by atoms with Gasteiger partial charge in [-0.25, -0.2) is 14.4 Å². The number of amides is 2. The third kappa shape index (κ3) is 3.77. The maximum Gasteiger partial charge on any atom is 0.338 e. The zero-order valence-electron chi connectivity index (χ0n) is 17.1. The SMILES string of the molecule is CCOC(=O)C1=C(COC(=O)c2ccc3[nH]c4c(c3c2)CCCC4)NC(=O)NC1C. The van der Waals surface area contributed by atoms with E-state index in [0.29, 0.717) is 5.56 Å². The zero-order valence-corrected chi connectivity index (χ0v) is 17.1. The average molecular weight is 411 g/mol. The minimum atomic E-state index is -0.552. The maximum atomic E-state index is 12.7. The third-order valence-electron chi connectivity index (χ3n) is 5.55. The highest BCUT2D eigenvalue weighted by atomic mass is 16.5. The highest BCUT2D eigenvalue weighted by Crippen LogP contribution is 2.30. The molecule has 0 spiro atoms. The number of benzene rings is 1. The quantitative estimate of drug-likeness (QED) is 0.656. The maximum absolute atomic E-state index is 12.7. The van der Waals surface area contributed by atoms with E-state index in [2.05, 4.69) is 15.6 Å². The molecule has 3 N–H and O–H groups in total. The van der Waals surface area contributed by atoms with Crippen molar-refractivity contribution in [3.05, 3.63) is 46.3 Å². The summed E-state index contributed by atoms with van der Waals surface area (Å²) in [5.74, 6) is -1.07. The van der Waals surface area contributed by atoms with E-state index < -0.39 is 24.0 Å². The number of hydrogen-bond acceptors (Lipinski definition) is 5. The number of fused-ring (bicyclic) bond motifs is 3. The minimum Gasteiger partial charge on any atom is -0.463 e. The molecule has 2 aliphatic rings. The van der Waals surface area contributed by atoms with E-state index in [9.17, 15) is 14.4 Å². The number of aryl methyl sites for hydroxylation is 2. The van der Waals surface area contributed by atoms with Crippen molar-refractivity contribution in [1.82, 2.24) is 15.6 Å². The normalized spacial score (nSPS) is 18.5. The van der Waals surface area contributed by atoms with Crippen LogP contribution in [0.2, 0.25) is 0 Å². The van der Waals surface area contributed by atoms with Gasteiger partial charge in [-0.1, -0.05) is 0 Å². The predicted octanol–water partition coefficient (Wildman–Crippen LogP) is 2.72. The minimum absolute atomic E-state index is 0.205. The Bertz CT molecular complexity index is 1050. The number of esters is 2. The fraction of sp³-hybridized carbons (Fsp3) is 0.409. The van der Waals surface area contributed by atoms with Gasteiger partial charge in [0.25, 0.3) is 0 Å². The van der Waals surface area contributed by atoms with Crippen molar-refractivity contribution in [2.24, 2.45) is 0 Å². The van der Waals surface area contributed by atoms with Crippen molar-refractivity contribution in [3.63, 3.8) is 0 Å². The van der Waals surface area contributed by atoms with Crippen LogP contribution in [0.1, 0.15) is 48.3 Å². The lowest BCUT2D eigenvalue weighted by Gasteiger charge is -2.26. The number of H-pyrrole nitrogens is 1. The topological polar surface area (TPSA) is 110 Å². The molecular formula is C22H25N3O5. The van der Waals surface area contributed by atoms with Crippen molar-refractivity contribution in [3.8, 4) is 0 Å². The van der Waals surface area contributed by atoms with Crippen molar-refractivity contribution in [2.45, 2.75) is 45.6 Å². The number of carbonyl (C=O) groups is 3. The molecule has 1 aromatic carbocycles. The van der Waals surface area contributed by atoms with Gasteiger partial charge < -0.3 is 25.1 Å². The highest BCUT2D eigenvalue weighted by Gasteiger charge is 2.30. The van der Waals surface area contributed by atoms with Gasteiger partial charge in [-0.3, -0.25) is 0 Å². The van der Waals surface area contributed by atoms with E-state index in [4.69, 9.17) is 9.47 Å². The van der Waals surface area contributed by atoms with Crippen LogP contribution in [0.3, 0.4) is 0 Å². The number of ether oxygens (including phenoxy) is 2. The van der Waals surface area contributed by atoms with Gasteiger partial charge in [0.2, 0.25) is 0 Å². The van der Waals surface area contributed by atoms with Crippen molar-refractivity contribution >= 4 is 28.9 Å². The fourth-order valence-corrected chi connectivity index (χ4v) is 4.15. The number of nitrogens with one attached hydrogen (secondary N) is 3. The summed E-state index contributed by atoms with van der Waals surface area (Å²) in [6, 6.07) is 4.46. The zero-order chi connectivity index (χ0) is 21.3. The van der Waals surface area contributed by atoms with Gasteiger partial charge in [-0.05, 0) is 63.3 Å². The molecule has 8 nitrogen and oxygen atoms in total. The molecular weight excluding hydrogens is 386 g/mol. The summed E-state index contributed by atoms with van der Waals surface area (Å²) in [4.78, 5) is 40.2. The number of aromatic nitrogens is 1. The van der Waals surface area contributed by atoms with Crippen molar-refractivity contribution < 1.29 is 23.9 Å². The Morgan fingerprint density at radius 2 is 1.93 bits per heavy atom. The van der Waals surface area contributed by atoms with E-state index >= 15 is 0 Å². The lowest BCUT2D eigenvalue weighted by molar-refractivity contribution is -0.139. The number of aromatic amines is 1. The molecule has 158 valence electrons. The van der Waals surface area contributed by atoms with Crippen LogP contribution in [-0.4, -0.2) is 42.2 Å². The Hall–Kier alpha value is -3.29. The summed E-state index contributed by atoms with van der Waals surface area (Å²) in [6.45, 7) is 3.36. The second-order valence-corrected chi connectivity index (χ2v) is 7.56. The van der Waals surface area contributed by atoms with Crippen LogP contribution in [0.4, 0.5) is 4.79 Å². The first kappa shape index (κ1) is 20.0. The molecule has 0 radical (unpaired) electrons. The van der Waals surface area contributed by atoms with E-state index in [1.807, 2.05) is 12.1 Å². The largest absolute Gasteiger partial charge is 0.463 e. The summed E-state index contributed by atoms with van der Waals surface area (Å²) in [5.41, 5.74) is 4.46. The molecule has 4 rings (SSSR count). The van der Waals surface area contributed by atoms with Gasteiger partial charge >= 0.3 is 18.0 Å². The summed E-state index contributed by atoms with van der Waals surface area (Å²) >= 11 is 0. The van der Waals surface area contributed by atoms with Crippen molar-refractivity contribution in [2.75, 3.05) is 13.2 Å². The van der Waals surface area contributed by atoms with E-state index in [1.54, 1.807) is 19.9 Å². The van der Waals surface area contributed by atoms with Crippen LogP contribution in [0.5, 0.6) is 0 Å². The number of hydrogen-bond donors (Lipinski definition) is 3. The van der Waals surface area contributed by atoms with Crippen LogP contribution in [0.25, 0.3) is 10.9 Å². The third-order valence-corrected chi connectivity index (χ3v) is 5.55. The summed E-state index contributed by atoms with van der Waals surface area (Å²) in [5, 5.41) is 6.22. The smallest absolute Gasteiger partial charge is 0.338 e. The number of rotatable bonds is 5. The molecule has 0 bridgehead atoms. The second-order valence-electron chi connectivity index (χ2n) is 7.56. The van der Waals surface area contributed by atoms with Gasteiger partial charge in [0.05, 0.1) is 29.5 Å². The van der Waals surface area contributed by atoms with Crippen LogP contribution >= 0.6 is 0 Å². The first-order valence-corrected chi connectivity index (χ1v) is 10.3. The van der Waals surface area contributed by atoms with Gasteiger partial charge in [0.15, 0.2) is 0 Å². The Labute approximate surface area is 174 Å². The van der Waals surface area contributed by atoms with E-state index in [0.717, 1.165) is 30.2 Å². The Morgan fingerprint density at radius 3 is 2.73 bits per heavy atom. The summed E-state index contributed by atoms with van der Waals surface area (Å²) in [6.07, 6.45) is 4.35. The first-order chi connectivity index (χ1) is 14.5. The van der Waals surface area contributed by atoms with Gasteiger partial charge in [-0.15, -0.1) is 0 Å². The lowest BCUT2D eigenvalue weighted by Crippen LogP contribution is -2.50. The van der Waals surface area contributed by atoms with E-state index in [-0.39, 0.29) is 24.5 Å². The predicted molar refractivity (Wildman–Crippen MR) is 110 cm³/mol. The van der Waals surface area contributed by atoms with E-state index in [1.165, 1.54) is 17.7 Å². The number of carbonyl (C=O) groups excluding carboxylic acids is 3. The monoisotopic (exact) mass is 411 g/mol. The van der Waals surface area contributed by atoms with Gasteiger partial charge in [0, 0.05) is 16.6 Å². The average Bonchev–Trinajstić information content (AvgIpc) is 3.09. The molecule has 1 aromatic heterocycles. The molecule has 30 heavy (non-hydrogen) atoms.